The van der Waals surface area contributed by atoms with E-state index in [0.29, 0.717) is 12.1 Å². The molecule has 150 valence electrons. The Morgan fingerprint density at radius 2 is 1.89 bits per heavy atom. The summed E-state index contributed by atoms with van der Waals surface area (Å²) in [5.41, 5.74) is 4.03. The summed E-state index contributed by atoms with van der Waals surface area (Å²) in [6, 6.07) is 11.8. The van der Waals surface area contributed by atoms with E-state index in [1.165, 1.54) is 11.1 Å². The van der Waals surface area contributed by atoms with Crippen molar-refractivity contribution in [1.82, 2.24) is 9.88 Å². The molecule has 1 heterocycles. The molecule has 1 aromatic heterocycles. The van der Waals surface area contributed by atoms with Gasteiger partial charge in [-0.15, -0.1) is 12.4 Å². The fourth-order valence-electron chi connectivity index (χ4n) is 3.09. The van der Waals surface area contributed by atoms with Crippen LogP contribution >= 0.6 is 39.7 Å². The molecule has 1 amide bonds. The zero-order valence-corrected chi connectivity index (χ0v) is 19.7. The number of benzene rings is 2. The maximum atomic E-state index is 13.3. The number of carbonyl (C=O) groups is 1. The third kappa shape index (κ3) is 5.32. The van der Waals surface area contributed by atoms with Gasteiger partial charge in [-0.1, -0.05) is 39.4 Å². The number of halogens is 2. The van der Waals surface area contributed by atoms with Crippen molar-refractivity contribution in [2.24, 2.45) is 0 Å². The van der Waals surface area contributed by atoms with Gasteiger partial charge in [-0.3, -0.25) is 9.69 Å². The minimum atomic E-state index is -0.0107. The van der Waals surface area contributed by atoms with Crippen molar-refractivity contribution < 1.29 is 4.79 Å². The number of nitrogens with zero attached hydrogens (tertiary/aromatic N) is 3. The highest BCUT2D eigenvalue weighted by atomic mass is 79.9. The van der Waals surface area contributed by atoms with Crippen molar-refractivity contribution in [3.63, 3.8) is 0 Å². The van der Waals surface area contributed by atoms with Crippen LogP contribution in [0.2, 0.25) is 0 Å². The smallest absolute Gasteiger partial charge is 0.260 e. The summed E-state index contributed by atoms with van der Waals surface area (Å²) >= 11 is 5.06. The Morgan fingerprint density at radius 1 is 1.14 bits per heavy atom. The van der Waals surface area contributed by atoms with Gasteiger partial charge in [0.05, 0.1) is 10.2 Å². The van der Waals surface area contributed by atoms with E-state index < -0.39 is 0 Å². The molecule has 0 saturated carbocycles. The lowest BCUT2D eigenvalue weighted by Crippen LogP contribution is -2.33. The summed E-state index contributed by atoms with van der Waals surface area (Å²) in [4.78, 5) is 22.0. The molecule has 0 atom stereocenters. The average Bonchev–Trinajstić information content (AvgIpc) is 3.02. The predicted molar refractivity (Wildman–Crippen MR) is 125 cm³/mol. The zero-order valence-electron chi connectivity index (χ0n) is 16.5. The summed E-state index contributed by atoms with van der Waals surface area (Å²) in [6.45, 7) is 5.74. The van der Waals surface area contributed by atoms with E-state index in [4.69, 9.17) is 4.98 Å². The van der Waals surface area contributed by atoms with E-state index in [-0.39, 0.29) is 18.3 Å². The number of thiazole rings is 1. The van der Waals surface area contributed by atoms with E-state index in [0.717, 1.165) is 32.8 Å². The molecule has 0 N–H and O–H groups in total. The first-order valence-corrected chi connectivity index (χ1v) is 10.6. The SMILES string of the molecule is Cc1cc(C)c2sc(N(CCCN(C)C)C(=O)c3cccc(Br)c3)nc2c1.Cl. The lowest BCUT2D eigenvalue weighted by molar-refractivity contribution is 0.0986. The largest absolute Gasteiger partial charge is 0.309 e. The molecular weight excluding hydrogens is 458 g/mol. The molecule has 7 heteroatoms. The number of carbonyl (C=O) groups excluding carboxylic acids is 1. The van der Waals surface area contributed by atoms with Gasteiger partial charge < -0.3 is 4.90 Å². The van der Waals surface area contributed by atoms with Gasteiger partial charge in [-0.25, -0.2) is 4.98 Å². The lowest BCUT2D eigenvalue weighted by Gasteiger charge is -2.21. The van der Waals surface area contributed by atoms with Crippen LogP contribution in [0.25, 0.3) is 10.2 Å². The van der Waals surface area contributed by atoms with Crippen LogP contribution < -0.4 is 4.90 Å². The fraction of sp³-hybridized carbons (Fsp3) is 0.333. The summed E-state index contributed by atoms with van der Waals surface area (Å²) in [6.07, 6.45) is 0.890. The van der Waals surface area contributed by atoms with Crippen LogP contribution in [0.4, 0.5) is 5.13 Å². The van der Waals surface area contributed by atoms with Crippen molar-refractivity contribution in [2.75, 3.05) is 32.1 Å². The highest BCUT2D eigenvalue weighted by molar-refractivity contribution is 9.10. The van der Waals surface area contributed by atoms with Crippen molar-refractivity contribution in [3.05, 3.63) is 57.6 Å². The van der Waals surface area contributed by atoms with Crippen LogP contribution in [0.1, 0.15) is 27.9 Å². The Bertz CT molecular complexity index is 973. The van der Waals surface area contributed by atoms with Gasteiger partial charge in [0.1, 0.15) is 0 Å². The van der Waals surface area contributed by atoms with Crippen molar-refractivity contribution >= 4 is 60.9 Å². The molecule has 0 aliphatic heterocycles. The second-order valence-corrected chi connectivity index (χ2v) is 8.94. The minimum absolute atomic E-state index is 0. The third-order valence-corrected chi connectivity index (χ3v) is 6.07. The number of anilines is 1. The number of aromatic nitrogens is 1. The number of hydrogen-bond acceptors (Lipinski definition) is 4. The number of amides is 1. The van der Waals surface area contributed by atoms with Gasteiger partial charge in [-0.2, -0.15) is 0 Å². The molecule has 0 saturated heterocycles. The Morgan fingerprint density at radius 3 is 2.57 bits per heavy atom. The average molecular weight is 483 g/mol. The Labute approximate surface area is 185 Å². The van der Waals surface area contributed by atoms with Crippen LogP contribution in [0.3, 0.4) is 0 Å². The summed E-state index contributed by atoms with van der Waals surface area (Å²) in [5, 5.41) is 0.766. The van der Waals surface area contributed by atoms with E-state index in [9.17, 15) is 4.79 Å². The maximum Gasteiger partial charge on any atom is 0.260 e. The summed E-state index contributed by atoms with van der Waals surface area (Å²) in [7, 11) is 4.09. The molecule has 2 aromatic carbocycles. The van der Waals surface area contributed by atoms with Crippen LogP contribution in [0.15, 0.2) is 40.9 Å². The Balaban J connectivity index is 0.00000280. The second kappa shape index (κ2) is 9.83. The number of rotatable bonds is 6. The molecule has 0 aliphatic carbocycles. The van der Waals surface area contributed by atoms with Gasteiger partial charge >= 0.3 is 0 Å². The van der Waals surface area contributed by atoms with E-state index in [2.05, 4.69) is 46.8 Å². The highest BCUT2D eigenvalue weighted by Gasteiger charge is 2.22. The molecule has 0 unspecified atom stereocenters. The Hall–Kier alpha value is -1.47. The maximum absolute atomic E-state index is 13.3. The Kier molecular flexibility index (Phi) is 8.01. The van der Waals surface area contributed by atoms with Gasteiger partial charge in [0.2, 0.25) is 0 Å². The molecule has 4 nitrogen and oxygen atoms in total. The quantitative estimate of drug-likeness (QED) is 0.452. The topological polar surface area (TPSA) is 36.4 Å². The molecule has 28 heavy (non-hydrogen) atoms. The number of hydrogen-bond donors (Lipinski definition) is 0. The molecular formula is C21H25BrClN3OS. The van der Waals surface area contributed by atoms with Crippen molar-refractivity contribution in [1.29, 1.82) is 0 Å². The second-order valence-electron chi connectivity index (χ2n) is 7.05. The standard InChI is InChI=1S/C21H24BrN3OS.ClH/c1-14-11-15(2)19-18(12-14)23-21(27-19)25(10-6-9-24(3)4)20(26)16-7-5-8-17(22)13-16;/h5,7-8,11-13H,6,9-10H2,1-4H3;1H. The van der Waals surface area contributed by atoms with Crippen LogP contribution in [-0.2, 0) is 0 Å². The molecule has 0 radical (unpaired) electrons. The molecule has 0 spiro atoms. The molecule has 0 bridgehead atoms. The predicted octanol–water partition coefficient (Wildman–Crippen LogP) is 5.70. The van der Waals surface area contributed by atoms with Gasteiger partial charge in [-0.05, 0) is 76.3 Å². The summed E-state index contributed by atoms with van der Waals surface area (Å²) < 4.78 is 2.05. The van der Waals surface area contributed by atoms with E-state index >= 15 is 0 Å². The number of aryl methyl sites for hydroxylation is 2. The van der Waals surface area contributed by atoms with Crippen LogP contribution in [0.5, 0.6) is 0 Å². The zero-order chi connectivity index (χ0) is 19.6. The molecule has 3 rings (SSSR count). The number of fused-ring (bicyclic) bond motifs is 1. The minimum Gasteiger partial charge on any atom is -0.309 e. The lowest BCUT2D eigenvalue weighted by atomic mass is 10.1. The summed E-state index contributed by atoms with van der Waals surface area (Å²) in [5.74, 6) is -0.0107. The van der Waals surface area contributed by atoms with Gasteiger partial charge in [0.25, 0.3) is 5.91 Å². The van der Waals surface area contributed by atoms with Crippen molar-refractivity contribution in [2.45, 2.75) is 20.3 Å². The van der Waals surface area contributed by atoms with Gasteiger partial charge in [0, 0.05) is 16.6 Å². The normalized spacial score (nSPS) is 10.9. The van der Waals surface area contributed by atoms with Crippen LogP contribution in [-0.4, -0.2) is 43.0 Å². The monoisotopic (exact) mass is 481 g/mol. The van der Waals surface area contributed by atoms with Crippen LogP contribution in [0, 0.1) is 13.8 Å². The van der Waals surface area contributed by atoms with Gasteiger partial charge in [0.15, 0.2) is 5.13 Å². The molecule has 0 fully saturated rings. The van der Waals surface area contributed by atoms with E-state index in [1.54, 1.807) is 11.3 Å². The third-order valence-electron chi connectivity index (χ3n) is 4.34. The first-order valence-electron chi connectivity index (χ1n) is 8.95. The van der Waals surface area contributed by atoms with Crippen molar-refractivity contribution in [3.8, 4) is 0 Å². The highest BCUT2D eigenvalue weighted by Crippen LogP contribution is 2.33. The first kappa shape index (κ1) is 22.8. The fourth-order valence-corrected chi connectivity index (χ4v) is 4.53. The molecule has 0 aliphatic rings. The van der Waals surface area contributed by atoms with E-state index in [1.807, 2.05) is 43.3 Å². The molecule has 3 aromatic rings. The first-order chi connectivity index (χ1) is 12.8.